The van der Waals surface area contributed by atoms with Gasteiger partial charge in [0.05, 0.1) is 11.4 Å². The van der Waals surface area contributed by atoms with Crippen molar-refractivity contribution in [1.29, 1.82) is 0 Å². The van der Waals surface area contributed by atoms with Crippen molar-refractivity contribution in [3.63, 3.8) is 0 Å². The molecule has 0 spiro atoms. The third kappa shape index (κ3) is 8.68. The van der Waals surface area contributed by atoms with Gasteiger partial charge in [-0.05, 0) is 86.6 Å². The summed E-state index contributed by atoms with van der Waals surface area (Å²) in [6.07, 6.45) is 0. The Labute approximate surface area is 300 Å². The molecule has 0 heterocycles. The smallest absolute Gasteiger partial charge is 0.124 e. The van der Waals surface area contributed by atoms with Gasteiger partial charge in [0.15, 0.2) is 0 Å². The molecule has 0 atom stereocenters. The number of aliphatic imine (C=N–C) groups is 2. The van der Waals surface area contributed by atoms with Crippen molar-refractivity contribution in [2.75, 3.05) is 0 Å². The number of aromatic hydroxyl groups is 2. The number of rotatable bonds is 5. The summed E-state index contributed by atoms with van der Waals surface area (Å²) in [5.74, 6) is 13.0. The maximum atomic E-state index is 10.8. The van der Waals surface area contributed by atoms with Crippen LogP contribution in [0.15, 0.2) is 156 Å². The van der Waals surface area contributed by atoms with Gasteiger partial charge in [-0.3, -0.25) is 9.98 Å². The Kier molecular flexibility index (Phi) is 11.4. The van der Waals surface area contributed by atoms with Crippen LogP contribution in [0.1, 0.15) is 47.2 Å². The Morgan fingerprint density at radius 1 is 0.429 bits per heavy atom. The summed E-state index contributed by atoms with van der Waals surface area (Å²) in [6.45, 7) is 3.76. The van der Waals surface area contributed by atoms with Crippen LogP contribution in [-0.2, 0) is 19.5 Å². The Hall–Kier alpha value is -6.00. The second-order valence-electron chi connectivity index (χ2n) is 11.1. The maximum Gasteiger partial charge on any atom is 0.124 e. The van der Waals surface area contributed by atoms with Gasteiger partial charge in [0.25, 0.3) is 0 Å². The van der Waals surface area contributed by atoms with Gasteiger partial charge in [-0.2, -0.15) is 0 Å². The molecule has 6 rings (SSSR count). The monoisotopic (exact) mass is 684 g/mol. The largest absolute Gasteiger partial charge is 0.507 e. The fraction of sp³-hybridized carbons (Fsp3) is 0.0455. The molecule has 232 valence electrons. The Morgan fingerprint density at radius 2 is 0.776 bits per heavy atom. The molecule has 0 fully saturated rings. The first-order chi connectivity index (χ1) is 23.4. The SMILES string of the molecule is CC(=Nc1ccccc1-c1ccccc1N=C(C)c1cc(C#Cc2ccccc2)ccc1O)c1cc(C#Cc2ccccc2)ccc1O.[Zn]. The summed E-state index contributed by atoms with van der Waals surface area (Å²) in [6, 6.07) is 45.9. The molecule has 6 aromatic rings. The van der Waals surface area contributed by atoms with Crippen molar-refractivity contribution in [3.8, 4) is 46.3 Å². The van der Waals surface area contributed by atoms with Crippen LogP contribution in [0.3, 0.4) is 0 Å². The van der Waals surface area contributed by atoms with Crippen LogP contribution in [0.25, 0.3) is 11.1 Å². The average Bonchev–Trinajstić information content (AvgIpc) is 3.12. The molecule has 0 aromatic heterocycles. The van der Waals surface area contributed by atoms with Crippen LogP contribution in [0.2, 0.25) is 0 Å². The van der Waals surface area contributed by atoms with E-state index in [0.717, 1.165) is 44.8 Å². The second-order valence-corrected chi connectivity index (χ2v) is 11.1. The molecule has 0 unspecified atom stereocenters. The predicted molar refractivity (Wildman–Crippen MR) is 197 cm³/mol. The molecule has 0 bridgehead atoms. The van der Waals surface area contributed by atoms with Crippen molar-refractivity contribution in [2.24, 2.45) is 9.98 Å². The van der Waals surface area contributed by atoms with Gasteiger partial charge in [-0.15, -0.1) is 0 Å². The topological polar surface area (TPSA) is 65.2 Å². The second kappa shape index (κ2) is 16.2. The molecule has 2 N–H and O–H groups in total. The van der Waals surface area contributed by atoms with Crippen LogP contribution in [0, 0.1) is 23.7 Å². The third-order valence-corrected chi connectivity index (χ3v) is 7.70. The van der Waals surface area contributed by atoms with Crippen molar-refractivity contribution < 1.29 is 29.7 Å². The van der Waals surface area contributed by atoms with Gasteiger partial charge in [0.1, 0.15) is 11.5 Å². The number of phenols is 2. The number of nitrogens with zero attached hydrogens (tertiary/aromatic N) is 2. The molecular formula is C44H32N2O2Zn. The van der Waals surface area contributed by atoms with Crippen LogP contribution < -0.4 is 0 Å². The molecule has 4 nitrogen and oxygen atoms in total. The zero-order valence-corrected chi connectivity index (χ0v) is 30.3. The van der Waals surface area contributed by atoms with E-state index >= 15 is 0 Å². The zero-order valence-electron chi connectivity index (χ0n) is 27.4. The molecule has 0 amide bonds. The summed E-state index contributed by atoms with van der Waals surface area (Å²) >= 11 is 0. The predicted octanol–water partition coefficient (Wildman–Crippen LogP) is 9.84. The van der Waals surface area contributed by atoms with Crippen LogP contribution in [-0.4, -0.2) is 21.6 Å². The quantitative estimate of drug-likeness (QED) is 0.108. The Balaban J connectivity index is 0.00000468. The van der Waals surface area contributed by atoms with Gasteiger partial charge in [-0.1, -0.05) is 96.5 Å². The van der Waals surface area contributed by atoms with E-state index in [1.807, 2.05) is 135 Å². The number of benzene rings is 6. The molecular weight excluding hydrogens is 654 g/mol. The molecule has 5 heteroatoms. The molecule has 0 radical (unpaired) electrons. The van der Waals surface area contributed by atoms with Crippen molar-refractivity contribution in [3.05, 3.63) is 179 Å². The first kappa shape index (κ1) is 34.3. The molecule has 6 aromatic carbocycles. The minimum absolute atomic E-state index is 0. The van der Waals surface area contributed by atoms with E-state index in [1.165, 1.54) is 0 Å². The Morgan fingerprint density at radius 3 is 1.18 bits per heavy atom. The van der Waals surface area contributed by atoms with E-state index in [2.05, 4.69) is 23.7 Å². The number of para-hydroxylation sites is 2. The van der Waals surface area contributed by atoms with E-state index in [0.29, 0.717) is 22.6 Å². The fourth-order valence-electron chi connectivity index (χ4n) is 5.22. The molecule has 0 aliphatic carbocycles. The van der Waals surface area contributed by atoms with Gasteiger partial charge in [-0.25, -0.2) is 0 Å². The zero-order chi connectivity index (χ0) is 33.3. The molecule has 49 heavy (non-hydrogen) atoms. The standard InChI is InChI=1S/C44H32N2O2.Zn/c1-31(39-29-35(25-27-43(39)47)23-21-33-13-5-3-6-14-33)45-41-19-11-9-17-37(41)38-18-10-12-20-42(38)46-32(2)40-30-36(26-28-44(40)48)24-22-34-15-7-4-8-16-34;/h3-20,25-30,47-48H,1-2H3;. The van der Waals surface area contributed by atoms with Crippen LogP contribution in [0.5, 0.6) is 11.5 Å². The molecule has 0 saturated carbocycles. The number of phenolic OH excluding ortho intramolecular Hbond substituents is 2. The summed E-state index contributed by atoms with van der Waals surface area (Å²) in [5.41, 5.74) is 9.16. The van der Waals surface area contributed by atoms with Crippen LogP contribution >= 0.6 is 0 Å². The minimum atomic E-state index is 0. The van der Waals surface area contributed by atoms with Crippen molar-refractivity contribution >= 4 is 22.8 Å². The fourth-order valence-corrected chi connectivity index (χ4v) is 5.22. The summed E-state index contributed by atoms with van der Waals surface area (Å²) in [4.78, 5) is 9.96. The van der Waals surface area contributed by atoms with E-state index in [-0.39, 0.29) is 31.0 Å². The van der Waals surface area contributed by atoms with Gasteiger partial charge >= 0.3 is 0 Å². The van der Waals surface area contributed by atoms with E-state index in [1.54, 1.807) is 24.3 Å². The average molecular weight is 686 g/mol. The molecule has 0 aliphatic rings. The van der Waals surface area contributed by atoms with Gasteiger partial charge < -0.3 is 10.2 Å². The van der Waals surface area contributed by atoms with Gasteiger partial charge in [0.2, 0.25) is 0 Å². The third-order valence-electron chi connectivity index (χ3n) is 7.70. The first-order valence-electron chi connectivity index (χ1n) is 15.5. The summed E-state index contributed by atoms with van der Waals surface area (Å²) < 4.78 is 0. The van der Waals surface area contributed by atoms with Crippen molar-refractivity contribution in [2.45, 2.75) is 13.8 Å². The minimum Gasteiger partial charge on any atom is -0.507 e. The van der Waals surface area contributed by atoms with Gasteiger partial charge in [0, 0.05) is 75.4 Å². The molecule has 0 aliphatic heterocycles. The molecule has 0 saturated heterocycles. The van der Waals surface area contributed by atoms with Crippen molar-refractivity contribution in [1.82, 2.24) is 0 Å². The first-order valence-corrected chi connectivity index (χ1v) is 15.5. The van der Waals surface area contributed by atoms with E-state index in [4.69, 9.17) is 9.98 Å². The maximum absolute atomic E-state index is 10.8. The number of hydrogen-bond donors (Lipinski definition) is 2. The summed E-state index contributed by atoms with van der Waals surface area (Å²) in [7, 11) is 0. The van der Waals surface area contributed by atoms with E-state index in [9.17, 15) is 10.2 Å². The van der Waals surface area contributed by atoms with E-state index < -0.39 is 0 Å². The summed E-state index contributed by atoms with van der Waals surface area (Å²) in [5, 5.41) is 21.5. The Bertz CT molecular complexity index is 2120. The normalized spacial score (nSPS) is 11.0. The number of hydrogen-bond acceptors (Lipinski definition) is 4. The van der Waals surface area contributed by atoms with Crippen LogP contribution in [0.4, 0.5) is 11.4 Å².